The summed E-state index contributed by atoms with van der Waals surface area (Å²) in [5.41, 5.74) is 12.5. The predicted molar refractivity (Wildman–Crippen MR) is 30.1 cm³/mol. The number of hydrogen-bond donors (Lipinski definition) is 0. The molecule has 0 amide bonds. The van der Waals surface area contributed by atoms with E-state index in [9.17, 15) is 0 Å². The minimum atomic E-state index is -0.472. The van der Waals surface area contributed by atoms with Crippen molar-refractivity contribution >= 4 is 18.8 Å². The predicted octanol–water partition coefficient (Wildman–Crippen LogP) is 2.47. The Morgan fingerprint density at radius 2 is 1.29 bits per heavy atom. The van der Waals surface area contributed by atoms with Crippen LogP contribution in [0, 0.1) is 0 Å². The second-order valence-electron chi connectivity index (χ2n) is 0.545. The number of hydrogen-bond acceptors (Lipinski definition) is 0. The van der Waals surface area contributed by atoms with Crippen molar-refractivity contribution in [2.24, 2.45) is 0 Å². The van der Waals surface area contributed by atoms with Gasteiger partial charge in [0.1, 0.15) is 0 Å². The molecule has 2 nitrogen and oxygen atoms in total. The molecule has 0 aromatic carbocycles. The van der Waals surface area contributed by atoms with Gasteiger partial charge in [0.2, 0.25) is 0 Å². The molecular weight excluding hydrogens is 318 g/mol. The zero-order valence-corrected chi connectivity index (χ0v) is 7.27. The molecule has 0 aliphatic carbocycles. The summed E-state index contributed by atoms with van der Waals surface area (Å²) in [4.78, 5) is 0. The Hall–Kier alpha value is 1.19. The molecule has 0 aromatic heterocycles. The van der Waals surface area contributed by atoms with Gasteiger partial charge in [0.05, 0.1) is 0 Å². The molecule has 48 valence electrons. The van der Waals surface area contributed by atoms with Crippen molar-refractivity contribution in [2.45, 2.75) is 0 Å². The van der Waals surface area contributed by atoms with Gasteiger partial charge in [-0.1, -0.05) is 0 Å². The summed E-state index contributed by atoms with van der Waals surface area (Å²) >= 11 is -0.472. The molecule has 2 N–H and O–H groups in total. The van der Waals surface area contributed by atoms with E-state index < -0.39 is 16.5 Å². The van der Waals surface area contributed by atoms with Crippen LogP contribution >= 0.6 is 18.8 Å². The van der Waals surface area contributed by atoms with E-state index in [4.69, 9.17) is 30.3 Å². The topological polar surface area (TPSA) is 47.6 Å². The summed E-state index contributed by atoms with van der Waals surface area (Å²) < 4.78 is 0. The summed E-state index contributed by atoms with van der Waals surface area (Å²) in [5.74, 6) is 0. The average molecular weight is 324 g/mol. The largest absolute Gasteiger partial charge is 0.679 e. The van der Waals surface area contributed by atoms with Crippen molar-refractivity contribution in [3.63, 3.8) is 0 Å². The van der Waals surface area contributed by atoms with Crippen LogP contribution in [0.25, 0.3) is 11.5 Å². The molecule has 5 heteroatoms. The van der Waals surface area contributed by atoms with Crippen LogP contribution in [-0.4, -0.2) is 13.1 Å². The van der Waals surface area contributed by atoms with Gasteiger partial charge in [0.15, 0.2) is 0 Å². The molecule has 0 aliphatic heterocycles. The van der Waals surface area contributed by atoms with E-state index in [1.165, 1.54) is 0 Å². The molecule has 0 bridgehead atoms. The minimum absolute atomic E-state index is 0.236. The first kappa shape index (κ1) is 11.0. The molecule has 7 heavy (non-hydrogen) atoms. The molecule has 0 rings (SSSR count). The van der Waals surface area contributed by atoms with Crippen molar-refractivity contribution in [2.75, 3.05) is 13.1 Å². The van der Waals surface area contributed by atoms with Crippen LogP contribution in [0.1, 0.15) is 0 Å². The molecule has 0 unspecified atom stereocenters. The van der Waals surface area contributed by atoms with E-state index in [2.05, 4.69) is 0 Å². The normalized spacial score (nSPS) is 7.43. The number of nitrogens with one attached hydrogen (secondary N) is 2. The fraction of sp³-hybridized carbons (Fsp3) is 1.00. The van der Waals surface area contributed by atoms with Crippen LogP contribution in [-0.2, 0) is 16.5 Å². The monoisotopic (exact) mass is 323 g/mol. The van der Waals surface area contributed by atoms with Gasteiger partial charge in [-0.25, -0.2) is 0 Å². The van der Waals surface area contributed by atoms with Crippen molar-refractivity contribution in [1.82, 2.24) is 0 Å². The Morgan fingerprint density at radius 3 is 1.29 bits per heavy atom. The standard InChI is InChI=1S/C2H6N2.2ClH.Pt/c3-1-2-4;;;/h3-4H,1-2H2;2*1H;/q-2;;;+4/p-2. The van der Waals surface area contributed by atoms with Crippen LogP contribution in [0.5, 0.6) is 0 Å². The molecule has 0 saturated carbocycles. The van der Waals surface area contributed by atoms with Gasteiger partial charge in [-0.3, -0.25) is 0 Å². The van der Waals surface area contributed by atoms with Gasteiger partial charge in [0, 0.05) is 0 Å². The fourth-order valence-electron chi connectivity index (χ4n) is 0. The SMILES string of the molecule is [Cl][Pt+2][Cl].[NH-]CC[NH-]. The van der Waals surface area contributed by atoms with E-state index in [1.54, 1.807) is 0 Å². The maximum absolute atomic E-state index is 6.26. The maximum Gasteiger partial charge on any atom is -0.171 e. The van der Waals surface area contributed by atoms with E-state index in [1.807, 2.05) is 0 Å². The second-order valence-corrected chi connectivity index (χ2v) is 3.83. The van der Waals surface area contributed by atoms with Gasteiger partial charge in [0.25, 0.3) is 0 Å². The third kappa shape index (κ3) is 40.4. The molecule has 0 heterocycles. The summed E-state index contributed by atoms with van der Waals surface area (Å²) in [5, 5.41) is 0. The van der Waals surface area contributed by atoms with E-state index in [0.717, 1.165) is 0 Å². The fourth-order valence-corrected chi connectivity index (χ4v) is 0. The second kappa shape index (κ2) is 15.7. The Bertz CT molecular complexity index is 21.2. The number of halogens is 2. The van der Waals surface area contributed by atoms with Crippen LogP contribution in [0.15, 0.2) is 0 Å². The third-order valence-corrected chi connectivity index (χ3v) is 0.125. The van der Waals surface area contributed by atoms with E-state index >= 15 is 0 Å². The summed E-state index contributed by atoms with van der Waals surface area (Å²) in [6.07, 6.45) is 0. The van der Waals surface area contributed by atoms with Gasteiger partial charge in [-0.2, -0.15) is 13.1 Å². The first-order chi connectivity index (χ1) is 3.33. The molecule has 0 spiro atoms. The van der Waals surface area contributed by atoms with Gasteiger partial charge >= 0.3 is 35.3 Å². The minimum Gasteiger partial charge on any atom is -0.679 e. The Morgan fingerprint density at radius 1 is 1.14 bits per heavy atom. The zero-order valence-electron chi connectivity index (χ0n) is 3.49. The molecule has 0 aliphatic rings. The molecular formula is C2H6Cl2N2Pt. The third-order valence-electron chi connectivity index (χ3n) is 0.125. The molecule has 0 atom stereocenters. The molecule has 0 saturated heterocycles. The van der Waals surface area contributed by atoms with E-state index in [-0.39, 0.29) is 13.1 Å². The van der Waals surface area contributed by atoms with Crippen LogP contribution < -0.4 is 0 Å². The van der Waals surface area contributed by atoms with Crippen molar-refractivity contribution in [3.05, 3.63) is 11.5 Å². The summed E-state index contributed by atoms with van der Waals surface area (Å²) in [6.45, 7) is 0.472. The maximum atomic E-state index is 6.26. The molecule has 0 radical (unpaired) electrons. The Kier molecular flexibility index (Phi) is 24.8. The van der Waals surface area contributed by atoms with Crippen molar-refractivity contribution in [1.29, 1.82) is 0 Å². The number of rotatable bonds is 1. The zero-order chi connectivity index (χ0) is 6.12. The molecule has 0 aromatic rings. The smallest absolute Gasteiger partial charge is 0.171 e. The quantitative estimate of drug-likeness (QED) is 0.711. The Labute approximate surface area is 59.9 Å². The summed E-state index contributed by atoms with van der Waals surface area (Å²) in [7, 11) is 9.75. The van der Waals surface area contributed by atoms with Gasteiger partial charge < -0.3 is 11.5 Å². The van der Waals surface area contributed by atoms with Crippen molar-refractivity contribution < 1.29 is 16.5 Å². The first-order valence-electron chi connectivity index (χ1n) is 1.45. The van der Waals surface area contributed by atoms with E-state index in [0.29, 0.717) is 0 Å². The van der Waals surface area contributed by atoms with Gasteiger partial charge in [-0.15, -0.1) is 0 Å². The van der Waals surface area contributed by atoms with Crippen molar-refractivity contribution in [3.8, 4) is 0 Å². The Balaban J connectivity index is 0. The van der Waals surface area contributed by atoms with Crippen LogP contribution in [0.4, 0.5) is 0 Å². The van der Waals surface area contributed by atoms with Crippen LogP contribution in [0.2, 0.25) is 0 Å². The average Bonchev–Trinajstić information content (AvgIpc) is 1.69. The van der Waals surface area contributed by atoms with Gasteiger partial charge in [-0.05, 0) is 0 Å². The summed E-state index contributed by atoms with van der Waals surface area (Å²) in [6, 6.07) is 0. The molecule has 0 fully saturated rings. The van der Waals surface area contributed by atoms with Crippen LogP contribution in [0.3, 0.4) is 0 Å². The first-order valence-corrected chi connectivity index (χ1v) is 7.08.